The van der Waals surface area contributed by atoms with Crippen molar-refractivity contribution in [2.75, 3.05) is 21.3 Å². The van der Waals surface area contributed by atoms with E-state index in [4.69, 9.17) is 14.2 Å². The van der Waals surface area contributed by atoms with Gasteiger partial charge in [0.25, 0.3) is 0 Å². The average Bonchev–Trinajstić information content (AvgIpc) is 2.43. The van der Waals surface area contributed by atoms with Crippen molar-refractivity contribution in [1.29, 1.82) is 0 Å². The Balaban J connectivity index is 3.98. The van der Waals surface area contributed by atoms with Gasteiger partial charge in [0.15, 0.2) is 27.9 Å². The lowest BCUT2D eigenvalue weighted by molar-refractivity contribution is 0.312. The van der Waals surface area contributed by atoms with Gasteiger partial charge in [0.2, 0.25) is 0 Å². The number of hydrogen-bond donors (Lipinski definition) is 2. The molecule has 1 rings (SSSR count). The third kappa shape index (κ3) is 3.01. The first-order valence-corrected chi connectivity index (χ1v) is 7.70. The van der Waals surface area contributed by atoms with Crippen LogP contribution in [0.2, 0.25) is 0 Å². The molecule has 120 valence electrons. The first-order valence-electron chi connectivity index (χ1n) is 6.26. The number of benzene rings is 1. The summed E-state index contributed by atoms with van der Waals surface area (Å²) in [6, 6.07) is 0. The molecule has 1 aromatic carbocycles. The molecular formula is C13H20O7S. The highest BCUT2D eigenvalue weighted by Gasteiger charge is 2.34. The van der Waals surface area contributed by atoms with Gasteiger partial charge in [-0.2, -0.15) is 8.42 Å². The number of hydrogen-bond acceptors (Lipinski definition) is 6. The van der Waals surface area contributed by atoms with Crippen molar-refractivity contribution in [2.45, 2.75) is 31.1 Å². The highest BCUT2D eigenvalue weighted by Crippen LogP contribution is 2.52. The molecule has 0 bridgehead atoms. The maximum atomic E-state index is 11.5. The van der Waals surface area contributed by atoms with Gasteiger partial charge in [0.1, 0.15) is 0 Å². The van der Waals surface area contributed by atoms with Crippen molar-refractivity contribution in [2.24, 2.45) is 0 Å². The molecule has 0 amide bonds. The van der Waals surface area contributed by atoms with Crippen LogP contribution in [-0.4, -0.2) is 39.4 Å². The van der Waals surface area contributed by atoms with Crippen molar-refractivity contribution < 1.29 is 32.3 Å². The Hall–Kier alpha value is -1.67. The molecule has 0 aliphatic rings. The normalized spacial score (nSPS) is 12.9. The fraction of sp³-hybridized carbons (Fsp3) is 0.538. The molecule has 0 radical (unpaired) electrons. The lowest BCUT2D eigenvalue weighted by Gasteiger charge is -2.23. The van der Waals surface area contributed by atoms with Crippen molar-refractivity contribution in [3.05, 3.63) is 5.56 Å². The first kappa shape index (κ1) is 17.4. The predicted octanol–water partition coefficient (Wildman–Crippen LogP) is 2.18. The summed E-state index contributed by atoms with van der Waals surface area (Å²) < 4.78 is 47.8. The number of methoxy groups -OCH3 is 3. The van der Waals surface area contributed by atoms with Crippen LogP contribution in [0.3, 0.4) is 0 Å². The van der Waals surface area contributed by atoms with E-state index in [2.05, 4.69) is 0 Å². The molecule has 0 aliphatic heterocycles. The van der Waals surface area contributed by atoms with E-state index in [0.717, 1.165) is 0 Å². The molecule has 0 aromatic heterocycles. The SMILES string of the molecule is CCC(C)c1c(OC)c(O)c(S(=O)(=O)O)c(OC)c1OC. The summed E-state index contributed by atoms with van der Waals surface area (Å²) in [6.07, 6.45) is 0.695. The zero-order valence-corrected chi connectivity index (χ0v) is 13.4. The van der Waals surface area contributed by atoms with E-state index in [-0.39, 0.29) is 23.2 Å². The van der Waals surface area contributed by atoms with E-state index in [1.165, 1.54) is 21.3 Å². The zero-order chi connectivity index (χ0) is 16.4. The smallest absolute Gasteiger partial charge is 0.302 e. The van der Waals surface area contributed by atoms with Gasteiger partial charge in [-0.15, -0.1) is 0 Å². The third-order valence-electron chi connectivity index (χ3n) is 3.31. The first-order chi connectivity index (χ1) is 9.74. The van der Waals surface area contributed by atoms with Crippen LogP contribution in [0, 0.1) is 0 Å². The van der Waals surface area contributed by atoms with Crippen molar-refractivity contribution >= 4 is 10.1 Å². The predicted molar refractivity (Wildman–Crippen MR) is 76.3 cm³/mol. The fourth-order valence-electron chi connectivity index (χ4n) is 2.15. The topological polar surface area (TPSA) is 102 Å². The van der Waals surface area contributed by atoms with Crippen LogP contribution < -0.4 is 14.2 Å². The number of phenolic OH excluding ortho intramolecular Hbond substituents is 1. The number of ether oxygens (including phenoxy) is 3. The second kappa shape index (κ2) is 6.40. The lowest BCUT2D eigenvalue weighted by atomic mass is 9.95. The summed E-state index contributed by atoms with van der Waals surface area (Å²) in [4.78, 5) is -0.772. The average molecular weight is 320 g/mol. The molecule has 2 N–H and O–H groups in total. The summed E-state index contributed by atoms with van der Waals surface area (Å²) >= 11 is 0. The molecule has 0 heterocycles. The summed E-state index contributed by atoms with van der Waals surface area (Å²) in [6.45, 7) is 3.79. The number of aromatic hydroxyl groups is 1. The quantitative estimate of drug-likeness (QED) is 0.774. The van der Waals surface area contributed by atoms with Crippen molar-refractivity contribution in [3.8, 4) is 23.0 Å². The van der Waals surface area contributed by atoms with Crippen LogP contribution in [0.1, 0.15) is 31.7 Å². The molecule has 1 atom stereocenters. The van der Waals surface area contributed by atoms with Gasteiger partial charge < -0.3 is 19.3 Å². The highest BCUT2D eigenvalue weighted by atomic mass is 32.2. The molecule has 0 aliphatic carbocycles. The number of rotatable bonds is 6. The Morgan fingerprint density at radius 1 is 1.05 bits per heavy atom. The molecule has 0 saturated carbocycles. The third-order valence-corrected chi connectivity index (χ3v) is 4.20. The summed E-state index contributed by atoms with van der Waals surface area (Å²) in [7, 11) is -0.871. The Labute approximate surface area is 124 Å². The van der Waals surface area contributed by atoms with E-state index in [0.29, 0.717) is 12.0 Å². The molecule has 1 unspecified atom stereocenters. The van der Waals surface area contributed by atoms with Crippen LogP contribution in [0.15, 0.2) is 4.90 Å². The Bertz CT molecular complexity index is 622. The van der Waals surface area contributed by atoms with Crippen molar-refractivity contribution in [1.82, 2.24) is 0 Å². The van der Waals surface area contributed by atoms with Gasteiger partial charge >= 0.3 is 10.1 Å². The minimum Gasteiger partial charge on any atom is -0.503 e. The van der Waals surface area contributed by atoms with E-state index in [1.807, 2.05) is 13.8 Å². The minimum absolute atomic E-state index is 0.0605. The minimum atomic E-state index is -4.73. The van der Waals surface area contributed by atoms with Gasteiger partial charge in [0.05, 0.1) is 21.3 Å². The van der Waals surface area contributed by atoms with E-state index < -0.39 is 20.8 Å². The van der Waals surface area contributed by atoms with Crippen LogP contribution in [0.25, 0.3) is 0 Å². The van der Waals surface area contributed by atoms with Crippen LogP contribution in [-0.2, 0) is 10.1 Å². The zero-order valence-electron chi connectivity index (χ0n) is 12.6. The van der Waals surface area contributed by atoms with Gasteiger partial charge in [-0.3, -0.25) is 4.55 Å². The summed E-state index contributed by atoms with van der Waals surface area (Å²) in [5, 5.41) is 10.2. The van der Waals surface area contributed by atoms with Crippen molar-refractivity contribution in [3.63, 3.8) is 0 Å². The van der Waals surface area contributed by atoms with Crippen LogP contribution >= 0.6 is 0 Å². The summed E-state index contributed by atoms with van der Waals surface area (Å²) in [5.41, 5.74) is 0.476. The van der Waals surface area contributed by atoms with E-state index >= 15 is 0 Å². The molecule has 8 heteroatoms. The van der Waals surface area contributed by atoms with Gasteiger partial charge in [-0.25, -0.2) is 0 Å². The van der Waals surface area contributed by atoms with Gasteiger partial charge in [-0.05, 0) is 12.3 Å². The second-order valence-electron chi connectivity index (χ2n) is 4.48. The maximum absolute atomic E-state index is 11.5. The van der Waals surface area contributed by atoms with Crippen LogP contribution in [0.4, 0.5) is 0 Å². The molecule has 21 heavy (non-hydrogen) atoms. The Morgan fingerprint density at radius 3 is 1.86 bits per heavy atom. The van der Waals surface area contributed by atoms with Gasteiger partial charge in [-0.1, -0.05) is 13.8 Å². The molecule has 0 spiro atoms. The highest BCUT2D eigenvalue weighted by molar-refractivity contribution is 7.86. The molecule has 7 nitrogen and oxygen atoms in total. The summed E-state index contributed by atoms with van der Waals surface area (Å²) in [5.74, 6) is -1.00. The van der Waals surface area contributed by atoms with Gasteiger partial charge in [0, 0.05) is 5.56 Å². The number of phenols is 1. The second-order valence-corrected chi connectivity index (χ2v) is 5.83. The lowest BCUT2D eigenvalue weighted by Crippen LogP contribution is -2.09. The fourth-order valence-corrected chi connectivity index (χ4v) is 2.90. The van der Waals surface area contributed by atoms with Crippen LogP contribution in [0.5, 0.6) is 23.0 Å². The Morgan fingerprint density at radius 2 is 1.52 bits per heavy atom. The molecule has 0 saturated heterocycles. The standard InChI is InChI=1S/C13H20O7S/c1-6-7(2)8-10(18-3)9(14)13(21(15,16)17)12(20-5)11(8)19-4/h7,14H,6H2,1-5H3,(H,15,16,17). The Kier molecular flexibility index (Phi) is 5.30. The van der Waals surface area contributed by atoms with E-state index in [1.54, 1.807) is 0 Å². The molecular weight excluding hydrogens is 300 g/mol. The maximum Gasteiger partial charge on any atom is 0.302 e. The molecule has 0 fully saturated rings. The van der Waals surface area contributed by atoms with E-state index in [9.17, 15) is 18.1 Å². The monoisotopic (exact) mass is 320 g/mol. The largest absolute Gasteiger partial charge is 0.503 e. The molecule has 1 aromatic rings.